The number of primary amides is 1. The van der Waals surface area contributed by atoms with E-state index in [1.807, 2.05) is 6.07 Å². The maximum atomic E-state index is 14.9. The SMILES string of the molecule is CO[P@@](=O)(c1cc(C)cc(/C=C/C#N)c1)C1c2c(ccc(Cl)c2F)NC1C(N)=O. The number of nitriles is 1. The molecule has 1 heterocycles. The summed E-state index contributed by atoms with van der Waals surface area (Å²) in [6.07, 6.45) is 2.84. The average molecular weight is 434 g/mol. The van der Waals surface area contributed by atoms with Gasteiger partial charge in [0, 0.05) is 29.7 Å². The number of hydrogen-bond acceptors (Lipinski definition) is 5. The van der Waals surface area contributed by atoms with Crippen molar-refractivity contribution in [2.45, 2.75) is 18.6 Å². The van der Waals surface area contributed by atoms with E-state index in [9.17, 15) is 13.8 Å². The van der Waals surface area contributed by atoms with Crippen LogP contribution in [-0.4, -0.2) is 19.1 Å². The summed E-state index contributed by atoms with van der Waals surface area (Å²) in [5, 5.41) is 11.7. The maximum absolute atomic E-state index is 14.9. The molecule has 9 heteroatoms. The molecule has 3 N–H and O–H groups in total. The zero-order chi connectivity index (χ0) is 21.3. The Morgan fingerprint density at radius 3 is 2.76 bits per heavy atom. The molecule has 2 aromatic carbocycles. The van der Waals surface area contributed by atoms with Crippen LogP contribution in [0, 0.1) is 24.1 Å². The molecule has 29 heavy (non-hydrogen) atoms. The van der Waals surface area contributed by atoms with Gasteiger partial charge in [-0.25, -0.2) is 4.39 Å². The largest absolute Gasteiger partial charge is 0.372 e. The lowest BCUT2D eigenvalue weighted by atomic mass is 10.1. The van der Waals surface area contributed by atoms with Crippen LogP contribution in [0.25, 0.3) is 6.08 Å². The number of allylic oxidation sites excluding steroid dienone is 1. The van der Waals surface area contributed by atoms with Gasteiger partial charge in [-0.3, -0.25) is 9.36 Å². The molecule has 0 radical (unpaired) electrons. The summed E-state index contributed by atoms with van der Waals surface area (Å²) in [5.74, 6) is -1.57. The van der Waals surface area contributed by atoms with Crippen molar-refractivity contribution in [3.05, 3.63) is 63.9 Å². The fraction of sp³-hybridized carbons (Fsp3) is 0.200. The molecule has 0 aliphatic carbocycles. The number of nitrogens with one attached hydrogen (secondary N) is 1. The van der Waals surface area contributed by atoms with Gasteiger partial charge in [0.25, 0.3) is 0 Å². The molecule has 0 saturated heterocycles. The van der Waals surface area contributed by atoms with Crippen LogP contribution in [0.3, 0.4) is 0 Å². The third-order valence-electron chi connectivity index (χ3n) is 4.79. The van der Waals surface area contributed by atoms with E-state index in [1.165, 1.54) is 25.3 Å². The van der Waals surface area contributed by atoms with Crippen molar-refractivity contribution in [1.82, 2.24) is 0 Å². The summed E-state index contributed by atoms with van der Waals surface area (Å²) in [6, 6.07) is 8.62. The van der Waals surface area contributed by atoms with Gasteiger partial charge < -0.3 is 15.6 Å². The molecule has 1 aliphatic rings. The quantitative estimate of drug-likeness (QED) is 0.549. The van der Waals surface area contributed by atoms with Gasteiger partial charge in [-0.1, -0.05) is 17.7 Å². The van der Waals surface area contributed by atoms with Crippen molar-refractivity contribution >= 4 is 41.9 Å². The maximum Gasteiger partial charge on any atom is 0.241 e. The Morgan fingerprint density at radius 1 is 1.41 bits per heavy atom. The van der Waals surface area contributed by atoms with Crippen LogP contribution in [0.1, 0.15) is 22.3 Å². The zero-order valence-electron chi connectivity index (χ0n) is 15.6. The molecule has 1 aliphatic heterocycles. The first-order valence-electron chi connectivity index (χ1n) is 8.60. The van der Waals surface area contributed by atoms with Gasteiger partial charge >= 0.3 is 0 Å². The molecular formula is C20H18ClFN3O3P. The summed E-state index contributed by atoms with van der Waals surface area (Å²) in [5.41, 5.74) is 5.99. The molecule has 150 valence electrons. The lowest BCUT2D eigenvalue weighted by molar-refractivity contribution is -0.118. The number of carbonyl (C=O) groups excluding carboxylic acids is 1. The van der Waals surface area contributed by atoms with Gasteiger partial charge in [0.15, 0.2) is 0 Å². The van der Waals surface area contributed by atoms with E-state index in [0.29, 0.717) is 5.56 Å². The number of aryl methyl sites for hydroxylation is 1. The number of fused-ring (bicyclic) bond motifs is 1. The molecule has 0 aromatic heterocycles. The van der Waals surface area contributed by atoms with Crippen LogP contribution in [0.4, 0.5) is 10.1 Å². The highest BCUT2D eigenvalue weighted by Gasteiger charge is 2.50. The van der Waals surface area contributed by atoms with Gasteiger partial charge in [-0.15, -0.1) is 0 Å². The van der Waals surface area contributed by atoms with E-state index >= 15 is 0 Å². The normalized spacial score (nSPS) is 20.0. The number of halogens is 2. The Morgan fingerprint density at radius 2 is 2.14 bits per heavy atom. The number of nitrogens with zero attached hydrogens (tertiary/aromatic N) is 1. The number of nitrogens with two attached hydrogens (primary N) is 1. The van der Waals surface area contributed by atoms with E-state index in [1.54, 1.807) is 31.2 Å². The summed E-state index contributed by atoms with van der Waals surface area (Å²) in [6.45, 7) is 1.79. The Labute approximate surface area is 172 Å². The molecule has 0 saturated carbocycles. The molecule has 2 unspecified atom stereocenters. The third kappa shape index (κ3) is 3.67. The minimum absolute atomic E-state index is 0.00195. The van der Waals surface area contributed by atoms with Crippen LogP contribution >= 0.6 is 19.0 Å². The van der Waals surface area contributed by atoms with Crippen molar-refractivity contribution in [3.63, 3.8) is 0 Å². The summed E-state index contributed by atoms with van der Waals surface area (Å²) < 4.78 is 34.5. The predicted octanol–water partition coefficient (Wildman–Crippen LogP) is 3.89. The van der Waals surface area contributed by atoms with E-state index in [2.05, 4.69) is 5.32 Å². The lowest BCUT2D eigenvalue weighted by Gasteiger charge is -2.27. The molecule has 3 rings (SSSR count). The van der Waals surface area contributed by atoms with Gasteiger partial charge in [0.1, 0.15) is 11.9 Å². The monoisotopic (exact) mass is 433 g/mol. The van der Waals surface area contributed by atoms with Crippen LogP contribution in [0.15, 0.2) is 36.4 Å². The number of anilines is 1. The van der Waals surface area contributed by atoms with E-state index < -0.39 is 30.8 Å². The summed E-state index contributed by atoms with van der Waals surface area (Å²) in [7, 11) is -2.61. The molecule has 2 aromatic rings. The Kier molecular flexibility index (Phi) is 5.81. The zero-order valence-corrected chi connectivity index (χ0v) is 17.3. The van der Waals surface area contributed by atoms with E-state index in [4.69, 9.17) is 27.1 Å². The second kappa shape index (κ2) is 8.00. The number of hydrogen-bond donors (Lipinski definition) is 2. The average Bonchev–Trinajstić information content (AvgIpc) is 3.09. The first-order valence-corrected chi connectivity index (χ1v) is 10.7. The minimum atomic E-state index is -3.85. The standard InChI is InChI=1S/C20H18ClFN3O3P/c1-11-8-12(4-3-7-23)10-13(9-11)29(27,28-2)19-16-15(25-18(19)20(24)26)6-5-14(21)17(16)22/h3-6,8-10,18-19,25H,1-2H3,(H2,24,26)/b4-3+/t18?,19?,29-/m0/s1. The van der Waals surface area contributed by atoms with Gasteiger partial charge in [-0.2, -0.15) is 5.26 Å². The molecule has 0 bridgehead atoms. The number of rotatable bonds is 5. The van der Waals surface area contributed by atoms with Crippen molar-refractivity contribution in [2.75, 3.05) is 12.4 Å². The van der Waals surface area contributed by atoms with Crippen molar-refractivity contribution < 1.29 is 18.3 Å². The Balaban J connectivity index is 2.26. The first kappa shape index (κ1) is 21.1. The van der Waals surface area contributed by atoms with Crippen molar-refractivity contribution in [3.8, 4) is 6.07 Å². The highest BCUT2D eigenvalue weighted by atomic mass is 35.5. The Hall–Kier alpha value is -2.65. The van der Waals surface area contributed by atoms with Crippen LogP contribution in [0.2, 0.25) is 5.02 Å². The molecule has 0 fully saturated rings. The summed E-state index contributed by atoms with van der Waals surface area (Å²) >= 11 is 5.94. The fourth-order valence-corrected chi connectivity index (χ4v) is 6.41. The number of benzene rings is 2. The topological polar surface area (TPSA) is 105 Å². The molecule has 3 atom stereocenters. The predicted molar refractivity (Wildman–Crippen MR) is 111 cm³/mol. The van der Waals surface area contributed by atoms with E-state index in [-0.39, 0.29) is 21.6 Å². The van der Waals surface area contributed by atoms with E-state index in [0.717, 1.165) is 5.56 Å². The highest BCUT2D eigenvalue weighted by Crippen LogP contribution is 2.64. The highest BCUT2D eigenvalue weighted by molar-refractivity contribution is 7.67. The van der Waals surface area contributed by atoms with Gasteiger partial charge in [-0.05, 0) is 48.4 Å². The fourth-order valence-electron chi connectivity index (χ4n) is 3.57. The first-order chi connectivity index (χ1) is 13.7. The molecule has 6 nitrogen and oxygen atoms in total. The number of carbonyl (C=O) groups is 1. The van der Waals surface area contributed by atoms with Crippen molar-refractivity contribution in [2.24, 2.45) is 5.73 Å². The number of amides is 1. The van der Waals surface area contributed by atoms with Crippen LogP contribution < -0.4 is 16.4 Å². The molecule has 1 amide bonds. The lowest BCUT2D eigenvalue weighted by Crippen LogP contribution is -2.37. The Bertz CT molecular complexity index is 1110. The molecular weight excluding hydrogens is 416 g/mol. The minimum Gasteiger partial charge on any atom is -0.372 e. The van der Waals surface area contributed by atoms with Crippen molar-refractivity contribution in [1.29, 1.82) is 5.26 Å². The second-order valence-electron chi connectivity index (χ2n) is 6.64. The summed E-state index contributed by atoms with van der Waals surface area (Å²) in [4.78, 5) is 12.1. The van der Waals surface area contributed by atoms with Gasteiger partial charge in [0.2, 0.25) is 13.3 Å². The second-order valence-corrected chi connectivity index (χ2v) is 9.67. The van der Waals surface area contributed by atoms with Crippen LogP contribution in [0.5, 0.6) is 0 Å². The third-order valence-corrected chi connectivity index (χ3v) is 7.89. The van der Waals surface area contributed by atoms with Crippen LogP contribution in [-0.2, 0) is 13.9 Å². The van der Waals surface area contributed by atoms with Gasteiger partial charge in [0.05, 0.1) is 16.8 Å². The molecule has 0 spiro atoms. The smallest absolute Gasteiger partial charge is 0.241 e.